The van der Waals surface area contributed by atoms with Gasteiger partial charge in [-0.1, -0.05) is 45.9 Å². The Balaban J connectivity index is 3.15. The molecule has 1 rings (SSSR count). The fourth-order valence-corrected chi connectivity index (χ4v) is 1.92. The third-order valence-electron chi connectivity index (χ3n) is 3.10. The van der Waals surface area contributed by atoms with Crippen LogP contribution < -0.4 is 0 Å². The summed E-state index contributed by atoms with van der Waals surface area (Å²) < 4.78 is 0. The first-order valence-electron chi connectivity index (χ1n) is 5.90. The average Bonchev–Trinajstić information content (AvgIpc) is 2.16. The number of hydrogen-bond acceptors (Lipinski definition) is 0. The van der Waals surface area contributed by atoms with Crippen molar-refractivity contribution in [1.82, 2.24) is 0 Å². The molecule has 0 saturated carbocycles. The predicted molar refractivity (Wildman–Crippen MR) is 71.7 cm³/mol. The van der Waals surface area contributed by atoms with Crippen molar-refractivity contribution in [3.05, 3.63) is 34.9 Å². The van der Waals surface area contributed by atoms with Crippen molar-refractivity contribution < 1.29 is 0 Å². The molecule has 0 radical (unpaired) electrons. The summed E-state index contributed by atoms with van der Waals surface area (Å²) in [5, 5.41) is 0. The second-order valence-corrected chi connectivity index (χ2v) is 5.63. The van der Waals surface area contributed by atoms with E-state index in [1.165, 1.54) is 16.7 Å². The summed E-state index contributed by atoms with van der Waals surface area (Å²) in [5.74, 6) is 3.20. The normalized spacial score (nSPS) is 13.2. The van der Waals surface area contributed by atoms with Crippen molar-refractivity contribution >= 4 is 0 Å². The topological polar surface area (TPSA) is 0 Å². The van der Waals surface area contributed by atoms with Crippen LogP contribution in [-0.2, 0) is 5.41 Å². The van der Waals surface area contributed by atoms with Gasteiger partial charge in [-0.3, -0.25) is 0 Å². The lowest BCUT2D eigenvalue weighted by molar-refractivity contribution is 0.587. The van der Waals surface area contributed by atoms with Crippen LogP contribution in [0.3, 0.4) is 0 Å². The number of terminal acetylenes is 1. The van der Waals surface area contributed by atoms with Crippen molar-refractivity contribution in [2.24, 2.45) is 0 Å². The maximum absolute atomic E-state index is 5.39. The summed E-state index contributed by atoms with van der Waals surface area (Å²) in [6.45, 7) is 11.1. The molecule has 1 atom stereocenters. The fraction of sp³-hybridized carbons (Fsp3) is 0.500. The lowest BCUT2D eigenvalue weighted by Crippen LogP contribution is -2.12. The molecule has 16 heavy (non-hydrogen) atoms. The Hall–Kier alpha value is -1.22. The van der Waals surface area contributed by atoms with E-state index in [2.05, 4.69) is 58.7 Å². The van der Waals surface area contributed by atoms with Gasteiger partial charge in [0.25, 0.3) is 0 Å². The van der Waals surface area contributed by atoms with Crippen LogP contribution in [-0.4, -0.2) is 0 Å². The summed E-state index contributed by atoms with van der Waals surface area (Å²) in [6.07, 6.45) is 6.20. The van der Waals surface area contributed by atoms with E-state index < -0.39 is 0 Å². The van der Waals surface area contributed by atoms with Crippen molar-refractivity contribution in [2.75, 3.05) is 0 Å². The first-order valence-corrected chi connectivity index (χ1v) is 5.90. The number of benzene rings is 1. The average molecular weight is 214 g/mol. The largest absolute Gasteiger partial charge is 0.120 e. The van der Waals surface area contributed by atoms with Crippen LogP contribution in [0.25, 0.3) is 0 Å². The molecule has 0 amide bonds. The zero-order chi connectivity index (χ0) is 12.3. The Morgan fingerprint density at radius 3 is 2.44 bits per heavy atom. The van der Waals surface area contributed by atoms with Gasteiger partial charge in [-0.2, -0.15) is 0 Å². The molecule has 1 aromatic carbocycles. The van der Waals surface area contributed by atoms with Gasteiger partial charge in [0.05, 0.1) is 0 Å². The van der Waals surface area contributed by atoms with E-state index in [-0.39, 0.29) is 5.41 Å². The zero-order valence-electron chi connectivity index (χ0n) is 11.1. The highest BCUT2D eigenvalue weighted by Crippen LogP contribution is 2.29. The summed E-state index contributed by atoms with van der Waals surface area (Å²) >= 11 is 0. The third-order valence-corrected chi connectivity index (χ3v) is 3.10. The van der Waals surface area contributed by atoms with Gasteiger partial charge in [-0.15, -0.1) is 12.3 Å². The van der Waals surface area contributed by atoms with Gasteiger partial charge < -0.3 is 0 Å². The van der Waals surface area contributed by atoms with Gasteiger partial charge in [0.1, 0.15) is 0 Å². The van der Waals surface area contributed by atoms with Crippen molar-refractivity contribution in [3.8, 4) is 12.3 Å². The summed E-state index contributed by atoms with van der Waals surface area (Å²) in [7, 11) is 0. The lowest BCUT2D eigenvalue weighted by atomic mass is 9.83. The predicted octanol–water partition coefficient (Wildman–Crippen LogP) is 4.42. The lowest BCUT2D eigenvalue weighted by Gasteiger charge is -2.22. The summed E-state index contributed by atoms with van der Waals surface area (Å²) in [4.78, 5) is 0. The first kappa shape index (κ1) is 12.8. The van der Waals surface area contributed by atoms with Crippen LogP contribution in [0.5, 0.6) is 0 Å². The van der Waals surface area contributed by atoms with E-state index >= 15 is 0 Å². The van der Waals surface area contributed by atoms with Gasteiger partial charge in [0.15, 0.2) is 0 Å². The monoisotopic (exact) mass is 214 g/mol. The quantitative estimate of drug-likeness (QED) is 0.639. The minimum atomic E-state index is 0.207. The molecule has 0 spiro atoms. The van der Waals surface area contributed by atoms with E-state index in [1.54, 1.807) is 0 Å². The maximum Gasteiger partial charge on any atom is 0.0152 e. The minimum Gasteiger partial charge on any atom is -0.120 e. The smallest absolute Gasteiger partial charge is 0.0152 e. The second-order valence-electron chi connectivity index (χ2n) is 5.63. The zero-order valence-corrected chi connectivity index (χ0v) is 11.1. The molecule has 0 bridgehead atoms. The van der Waals surface area contributed by atoms with Crippen LogP contribution in [0.4, 0.5) is 0 Å². The van der Waals surface area contributed by atoms with Gasteiger partial charge in [0.2, 0.25) is 0 Å². The maximum atomic E-state index is 5.39. The van der Waals surface area contributed by atoms with Gasteiger partial charge in [0, 0.05) is 6.42 Å². The molecule has 0 aliphatic heterocycles. The molecule has 1 aromatic rings. The van der Waals surface area contributed by atoms with Crippen LogP contribution in [0, 0.1) is 19.3 Å². The molecular formula is C16H22. The van der Waals surface area contributed by atoms with E-state index in [0.717, 1.165) is 6.42 Å². The van der Waals surface area contributed by atoms with Crippen molar-refractivity contribution in [3.63, 3.8) is 0 Å². The Morgan fingerprint density at radius 2 is 1.94 bits per heavy atom. The number of aryl methyl sites for hydroxylation is 1. The van der Waals surface area contributed by atoms with E-state index in [9.17, 15) is 0 Å². The molecule has 0 aliphatic carbocycles. The number of rotatable bonds is 2. The summed E-state index contributed by atoms with van der Waals surface area (Å²) in [6, 6.07) is 6.75. The molecule has 0 heterocycles. The van der Waals surface area contributed by atoms with Crippen molar-refractivity contribution in [2.45, 2.75) is 52.4 Å². The van der Waals surface area contributed by atoms with Crippen LogP contribution >= 0.6 is 0 Å². The highest BCUT2D eigenvalue weighted by molar-refractivity contribution is 5.37. The van der Waals surface area contributed by atoms with E-state index in [1.807, 2.05) is 0 Å². The molecule has 0 heteroatoms. The Bertz CT molecular complexity index is 399. The molecule has 0 aromatic heterocycles. The molecule has 0 nitrogen and oxygen atoms in total. The van der Waals surface area contributed by atoms with Gasteiger partial charge >= 0.3 is 0 Å². The molecule has 0 aliphatic rings. The van der Waals surface area contributed by atoms with Crippen molar-refractivity contribution in [1.29, 1.82) is 0 Å². The van der Waals surface area contributed by atoms with Crippen LogP contribution in [0.2, 0.25) is 0 Å². The Labute approximate surface area is 100 Å². The van der Waals surface area contributed by atoms with Crippen LogP contribution in [0.15, 0.2) is 18.2 Å². The molecule has 1 unspecified atom stereocenters. The highest BCUT2D eigenvalue weighted by Gasteiger charge is 2.16. The van der Waals surface area contributed by atoms with Gasteiger partial charge in [-0.05, 0) is 34.9 Å². The Kier molecular flexibility index (Phi) is 3.81. The molecule has 0 saturated heterocycles. The second kappa shape index (κ2) is 4.74. The number of hydrogen-bond donors (Lipinski definition) is 0. The third kappa shape index (κ3) is 2.89. The molecule has 0 fully saturated rings. The van der Waals surface area contributed by atoms with Crippen LogP contribution in [0.1, 0.15) is 56.7 Å². The molecule has 86 valence electrons. The van der Waals surface area contributed by atoms with E-state index in [4.69, 9.17) is 6.42 Å². The van der Waals surface area contributed by atoms with E-state index in [0.29, 0.717) is 5.92 Å². The first-order chi connectivity index (χ1) is 7.36. The molecular weight excluding hydrogens is 192 g/mol. The fourth-order valence-electron chi connectivity index (χ4n) is 1.92. The Morgan fingerprint density at radius 1 is 1.31 bits per heavy atom. The van der Waals surface area contributed by atoms with Gasteiger partial charge in [-0.25, -0.2) is 0 Å². The standard InChI is InChI=1S/C16H22/c1-7-8-12(2)15-11-14(16(4,5)6)10-9-13(15)3/h1,9-12H,8H2,2-6H3. The minimum absolute atomic E-state index is 0.207. The SMILES string of the molecule is C#CCC(C)c1cc(C(C)(C)C)ccc1C. The summed E-state index contributed by atoms with van der Waals surface area (Å²) in [5.41, 5.74) is 4.33. The molecule has 0 N–H and O–H groups in total. The highest BCUT2D eigenvalue weighted by atomic mass is 14.2.